The van der Waals surface area contributed by atoms with Crippen LogP contribution in [0, 0.1) is 0 Å². The largest absolute Gasteiger partial charge is 0.383 e. The summed E-state index contributed by atoms with van der Waals surface area (Å²) in [6, 6.07) is 11.0. The molecular formula is C12H18N2O. The quantitative estimate of drug-likeness (QED) is 0.802. The first-order valence-electron chi connectivity index (χ1n) is 5.43. The van der Waals surface area contributed by atoms with Gasteiger partial charge in [0, 0.05) is 32.4 Å². The molecule has 0 amide bonds. The molecule has 0 saturated carbocycles. The maximum Gasteiger partial charge on any atom is 0.0678 e. The molecule has 1 heterocycles. The molecule has 0 bridgehead atoms. The summed E-state index contributed by atoms with van der Waals surface area (Å²) in [5.74, 6) is 0. The number of nitrogens with zero attached hydrogens (tertiary/aromatic N) is 1. The number of piperazine rings is 1. The maximum absolute atomic E-state index is 5.25. The lowest BCUT2D eigenvalue weighted by atomic mass is 10.1. The molecule has 1 aromatic rings. The summed E-state index contributed by atoms with van der Waals surface area (Å²) in [6.45, 7) is 3.89. The molecule has 15 heavy (non-hydrogen) atoms. The van der Waals surface area contributed by atoms with Crippen molar-refractivity contribution in [2.45, 2.75) is 6.04 Å². The number of anilines is 1. The fraction of sp³-hybridized carbons (Fsp3) is 0.500. The molecule has 1 N–H and O–H groups in total. The highest BCUT2D eigenvalue weighted by Crippen LogP contribution is 2.17. The Bertz CT molecular complexity index is 287. The van der Waals surface area contributed by atoms with E-state index in [9.17, 15) is 0 Å². The van der Waals surface area contributed by atoms with E-state index in [-0.39, 0.29) is 0 Å². The van der Waals surface area contributed by atoms with Crippen LogP contribution in [0.15, 0.2) is 30.3 Å². The Kier molecular flexibility index (Phi) is 3.59. The number of methoxy groups -OCH3 is 1. The van der Waals surface area contributed by atoms with Gasteiger partial charge in [0.05, 0.1) is 12.6 Å². The predicted molar refractivity (Wildman–Crippen MR) is 62.3 cm³/mol. The van der Waals surface area contributed by atoms with E-state index in [1.807, 2.05) is 0 Å². The molecule has 3 nitrogen and oxygen atoms in total. The van der Waals surface area contributed by atoms with Crippen molar-refractivity contribution in [3.05, 3.63) is 30.3 Å². The third kappa shape index (κ3) is 2.49. The highest BCUT2D eigenvalue weighted by molar-refractivity contribution is 5.47. The van der Waals surface area contributed by atoms with E-state index >= 15 is 0 Å². The number of para-hydroxylation sites is 1. The van der Waals surface area contributed by atoms with Gasteiger partial charge in [-0.1, -0.05) is 18.2 Å². The van der Waals surface area contributed by atoms with Crippen LogP contribution in [0.2, 0.25) is 0 Å². The number of nitrogens with one attached hydrogen (secondary N) is 1. The van der Waals surface area contributed by atoms with Crippen LogP contribution >= 0.6 is 0 Å². The van der Waals surface area contributed by atoms with Crippen LogP contribution in [0.3, 0.4) is 0 Å². The van der Waals surface area contributed by atoms with E-state index in [1.54, 1.807) is 7.11 Å². The SMILES string of the molecule is COCC1CNCCN1c1ccccc1. The number of hydrogen-bond donors (Lipinski definition) is 1. The van der Waals surface area contributed by atoms with E-state index in [2.05, 4.69) is 40.5 Å². The molecule has 0 radical (unpaired) electrons. The molecule has 0 aliphatic carbocycles. The molecule has 0 spiro atoms. The zero-order chi connectivity index (χ0) is 10.5. The van der Waals surface area contributed by atoms with Crippen LogP contribution < -0.4 is 10.2 Å². The molecule has 1 aromatic carbocycles. The topological polar surface area (TPSA) is 24.5 Å². The van der Waals surface area contributed by atoms with E-state index in [4.69, 9.17) is 4.74 Å². The number of benzene rings is 1. The smallest absolute Gasteiger partial charge is 0.0678 e. The van der Waals surface area contributed by atoms with Gasteiger partial charge in [0.15, 0.2) is 0 Å². The fourth-order valence-electron chi connectivity index (χ4n) is 2.06. The van der Waals surface area contributed by atoms with Gasteiger partial charge in [0.25, 0.3) is 0 Å². The van der Waals surface area contributed by atoms with E-state index < -0.39 is 0 Å². The molecule has 0 aromatic heterocycles. The van der Waals surface area contributed by atoms with Crippen LogP contribution in [-0.4, -0.2) is 39.4 Å². The minimum absolute atomic E-state index is 0.450. The van der Waals surface area contributed by atoms with E-state index in [1.165, 1.54) is 5.69 Å². The Balaban J connectivity index is 2.11. The fourth-order valence-corrected chi connectivity index (χ4v) is 2.06. The molecule has 1 aliphatic heterocycles. The molecular weight excluding hydrogens is 188 g/mol. The Labute approximate surface area is 91.0 Å². The van der Waals surface area contributed by atoms with Crippen LogP contribution in [-0.2, 0) is 4.74 Å². The molecule has 1 fully saturated rings. The molecule has 1 aliphatic rings. The van der Waals surface area contributed by atoms with Gasteiger partial charge in [-0.05, 0) is 12.1 Å². The minimum atomic E-state index is 0.450. The highest BCUT2D eigenvalue weighted by atomic mass is 16.5. The van der Waals surface area contributed by atoms with Crippen molar-refractivity contribution in [3.63, 3.8) is 0 Å². The lowest BCUT2D eigenvalue weighted by Crippen LogP contribution is -2.53. The number of ether oxygens (including phenoxy) is 1. The Morgan fingerprint density at radius 3 is 2.93 bits per heavy atom. The van der Waals surface area contributed by atoms with Crippen LogP contribution in [0.5, 0.6) is 0 Å². The first-order valence-corrected chi connectivity index (χ1v) is 5.43. The maximum atomic E-state index is 5.25. The van der Waals surface area contributed by atoms with Crippen LogP contribution in [0.1, 0.15) is 0 Å². The summed E-state index contributed by atoms with van der Waals surface area (Å²) in [5, 5.41) is 3.40. The summed E-state index contributed by atoms with van der Waals surface area (Å²) >= 11 is 0. The standard InChI is InChI=1S/C12H18N2O/c1-15-10-12-9-13-7-8-14(12)11-5-3-2-4-6-11/h2-6,12-13H,7-10H2,1H3. The highest BCUT2D eigenvalue weighted by Gasteiger charge is 2.21. The third-order valence-electron chi connectivity index (χ3n) is 2.80. The predicted octanol–water partition coefficient (Wildman–Crippen LogP) is 1.11. The van der Waals surface area contributed by atoms with Gasteiger partial charge in [-0.25, -0.2) is 0 Å². The Hall–Kier alpha value is -1.06. The summed E-state index contributed by atoms with van der Waals surface area (Å²) in [7, 11) is 1.76. The Morgan fingerprint density at radius 1 is 1.40 bits per heavy atom. The number of hydrogen-bond acceptors (Lipinski definition) is 3. The summed E-state index contributed by atoms with van der Waals surface area (Å²) in [6.07, 6.45) is 0. The zero-order valence-electron chi connectivity index (χ0n) is 9.15. The first kappa shape index (κ1) is 10.5. The van der Waals surface area contributed by atoms with Crippen molar-refractivity contribution < 1.29 is 4.74 Å². The molecule has 1 atom stereocenters. The summed E-state index contributed by atoms with van der Waals surface area (Å²) in [4.78, 5) is 2.42. The number of rotatable bonds is 3. The van der Waals surface area contributed by atoms with Crippen molar-refractivity contribution in [2.24, 2.45) is 0 Å². The Morgan fingerprint density at radius 2 is 2.20 bits per heavy atom. The zero-order valence-corrected chi connectivity index (χ0v) is 9.15. The van der Waals surface area contributed by atoms with Gasteiger partial charge in [0.1, 0.15) is 0 Å². The van der Waals surface area contributed by atoms with Gasteiger partial charge in [-0.3, -0.25) is 0 Å². The summed E-state index contributed by atoms with van der Waals surface area (Å²) < 4.78 is 5.25. The average Bonchev–Trinajstić information content (AvgIpc) is 2.31. The third-order valence-corrected chi connectivity index (χ3v) is 2.80. The van der Waals surface area contributed by atoms with Crippen molar-refractivity contribution in [3.8, 4) is 0 Å². The van der Waals surface area contributed by atoms with Crippen LogP contribution in [0.25, 0.3) is 0 Å². The van der Waals surface area contributed by atoms with Crippen molar-refractivity contribution in [1.82, 2.24) is 5.32 Å². The van der Waals surface area contributed by atoms with Crippen molar-refractivity contribution in [2.75, 3.05) is 38.3 Å². The van der Waals surface area contributed by atoms with Gasteiger partial charge in [-0.2, -0.15) is 0 Å². The van der Waals surface area contributed by atoms with E-state index in [0.29, 0.717) is 6.04 Å². The first-order chi connectivity index (χ1) is 7.42. The van der Waals surface area contributed by atoms with Gasteiger partial charge in [-0.15, -0.1) is 0 Å². The minimum Gasteiger partial charge on any atom is -0.383 e. The van der Waals surface area contributed by atoms with Gasteiger partial charge in [0.2, 0.25) is 0 Å². The normalized spacial score (nSPS) is 21.7. The second-order valence-electron chi connectivity index (χ2n) is 3.84. The van der Waals surface area contributed by atoms with Crippen molar-refractivity contribution in [1.29, 1.82) is 0 Å². The monoisotopic (exact) mass is 206 g/mol. The van der Waals surface area contributed by atoms with Crippen LogP contribution in [0.4, 0.5) is 5.69 Å². The van der Waals surface area contributed by atoms with E-state index in [0.717, 1.165) is 26.2 Å². The summed E-state index contributed by atoms with van der Waals surface area (Å²) in [5.41, 5.74) is 1.29. The van der Waals surface area contributed by atoms with Gasteiger partial charge < -0.3 is 15.0 Å². The lowest BCUT2D eigenvalue weighted by Gasteiger charge is -2.37. The average molecular weight is 206 g/mol. The second kappa shape index (κ2) is 5.14. The van der Waals surface area contributed by atoms with Gasteiger partial charge >= 0.3 is 0 Å². The lowest BCUT2D eigenvalue weighted by molar-refractivity contribution is 0.170. The molecule has 2 rings (SSSR count). The molecule has 3 heteroatoms. The molecule has 82 valence electrons. The van der Waals surface area contributed by atoms with Crippen molar-refractivity contribution >= 4 is 5.69 Å². The molecule has 1 unspecified atom stereocenters. The molecule has 1 saturated heterocycles. The second-order valence-corrected chi connectivity index (χ2v) is 3.84.